The zero-order chi connectivity index (χ0) is 20.9. The third kappa shape index (κ3) is 6.47. The summed E-state index contributed by atoms with van der Waals surface area (Å²) in [6.45, 7) is 1.39. The molecule has 8 heteroatoms. The first kappa shape index (κ1) is 21.6. The van der Waals surface area contributed by atoms with Crippen LogP contribution in [0.1, 0.15) is 17.5 Å². The predicted molar refractivity (Wildman–Crippen MR) is 106 cm³/mol. The molecule has 158 valence electrons. The van der Waals surface area contributed by atoms with Crippen LogP contribution in [0.3, 0.4) is 0 Å². The second-order valence-electron chi connectivity index (χ2n) is 7.28. The van der Waals surface area contributed by atoms with E-state index in [1.165, 1.54) is 12.1 Å². The molecule has 3 rings (SSSR count). The lowest BCUT2D eigenvalue weighted by atomic mass is 10.0. The summed E-state index contributed by atoms with van der Waals surface area (Å²) in [4.78, 5) is 0. The summed E-state index contributed by atoms with van der Waals surface area (Å²) in [5.74, 6) is 0.0778. The fourth-order valence-electron chi connectivity index (χ4n) is 3.41. The summed E-state index contributed by atoms with van der Waals surface area (Å²) in [6.07, 6.45) is -3.85. The molecule has 1 aliphatic rings. The van der Waals surface area contributed by atoms with Crippen LogP contribution in [0.4, 0.5) is 13.2 Å². The molecule has 4 nitrogen and oxygen atoms in total. The first-order valence-electron chi connectivity index (χ1n) is 9.52. The van der Waals surface area contributed by atoms with Crippen LogP contribution in [-0.4, -0.2) is 39.1 Å². The number of sulfone groups is 1. The van der Waals surface area contributed by atoms with E-state index in [0.29, 0.717) is 13.0 Å². The highest BCUT2D eigenvalue weighted by Gasteiger charge is 2.32. The topological polar surface area (TPSA) is 55.4 Å². The molecule has 1 fully saturated rings. The van der Waals surface area contributed by atoms with Gasteiger partial charge in [0.2, 0.25) is 0 Å². The average molecular weight is 427 g/mol. The molecule has 1 heterocycles. The number of aryl methyl sites for hydroxylation is 1. The van der Waals surface area contributed by atoms with E-state index in [9.17, 15) is 21.6 Å². The maximum Gasteiger partial charge on any atom is 0.416 e. The number of hydrogen-bond acceptors (Lipinski definition) is 4. The van der Waals surface area contributed by atoms with Crippen molar-refractivity contribution in [3.63, 3.8) is 0 Å². The highest BCUT2D eigenvalue weighted by molar-refractivity contribution is 7.91. The van der Waals surface area contributed by atoms with Crippen molar-refractivity contribution in [1.29, 1.82) is 0 Å². The van der Waals surface area contributed by atoms with Gasteiger partial charge in [-0.3, -0.25) is 0 Å². The van der Waals surface area contributed by atoms with Crippen LogP contribution >= 0.6 is 0 Å². The van der Waals surface area contributed by atoms with Crippen LogP contribution in [0, 0.1) is 5.92 Å². The normalized spacial score (nSPS) is 18.5. The SMILES string of the molecule is O=S(=O)(CCc1ccccc1)C[C@@H](Oc1ccc(C(F)(F)F)cc1)[C@H]1CCNC1. The third-order valence-electron chi connectivity index (χ3n) is 5.06. The Morgan fingerprint density at radius 2 is 1.76 bits per heavy atom. The van der Waals surface area contributed by atoms with Crippen LogP contribution in [0.25, 0.3) is 0 Å². The van der Waals surface area contributed by atoms with Gasteiger partial charge in [-0.2, -0.15) is 13.2 Å². The number of alkyl halides is 3. The summed E-state index contributed by atoms with van der Waals surface area (Å²) in [6, 6.07) is 13.7. The molecule has 0 saturated carbocycles. The minimum absolute atomic E-state index is 0.00400. The molecule has 2 aromatic rings. The highest BCUT2D eigenvalue weighted by Crippen LogP contribution is 2.31. The average Bonchev–Trinajstić information content (AvgIpc) is 3.21. The van der Waals surface area contributed by atoms with Gasteiger partial charge in [-0.25, -0.2) is 8.42 Å². The number of halogens is 3. The zero-order valence-electron chi connectivity index (χ0n) is 15.9. The van der Waals surface area contributed by atoms with Gasteiger partial charge in [0.1, 0.15) is 11.9 Å². The van der Waals surface area contributed by atoms with Gasteiger partial charge < -0.3 is 10.1 Å². The fourth-order valence-corrected chi connectivity index (χ4v) is 4.96. The maximum atomic E-state index is 12.7. The van der Waals surface area contributed by atoms with E-state index in [4.69, 9.17) is 4.74 Å². The van der Waals surface area contributed by atoms with Crippen LogP contribution in [-0.2, 0) is 22.4 Å². The maximum absolute atomic E-state index is 12.7. The minimum Gasteiger partial charge on any atom is -0.489 e. The second kappa shape index (κ2) is 9.17. The van der Waals surface area contributed by atoms with Crippen molar-refractivity contribution in [2.45, 2.75) is 25.1 Å². The second-order valence-corrected chi connectivity index (χ2v) is 9.51. The van der Waals surface area contributed by atoms with Gasteiger partial charge in [0.15, 0.2) is 9.84 Å². The Bertz CT molecular complexity index is 878. The number of hydrogen-bond donors (Lipinski definition) is 1. The van der Waals surface area contributed by atoms with Crippen LogP contribution < -0.4 is 10.1 Å². The van der Waals surface area contributed by atoms with Crippen LogP contribution in [0.2, 0.25) is 0 Å². The Hall–Kier alpha value is -2.06. The molecule has 0 aliphatic carbocycles. The van der Waals surface area contributed by atoms with Crippen molar-refractivity contribution < 1.29 is 26.3 Å². The Kier molecular flexibility index (Phi) is 6.85. The van der Waals surface area contributed by atoms with E-state index < -0.39 is 27.7 Å². The molecule has 0 radical (unpaired) electrons. The Labute approximate surface area is 169 Å². The molecule has 0 aromatic heterocycles. The number of benzene rings is 2. The molecule has 2 aromatic carbocycles. The van der Waals surface area contributed by atoms with E-state index >= 15 is 0 Å². The van der Waals surface area contributed by atoms with Crippen molar-refractivity contribution in [2.75, 3.05) is 24.6 Å². The lowest BCUT2D eigenvalue weighted by Crippen LogP contribution is -2.36. The molecule has 29 heavy (non-hydrogen) atoms. The molecular formula is C21H24F3NO3S. The molecule has 1 aliphatic heterocycles. The Morgan fingerprint density at radius 1 is 1.07 bits per heavy atom. The zero-order valence-corrected chi connectivity index (χ0v) is 16.7. The van der Waals surface area contributed by atoms with Crippen molar-refractivity contribution >= 4 is 9.84 Å². The lowest BCUT2D eigenvalue weighted by Gasteiger charge is -2.24. The minimum atomic E-state index is -4.42. The first-order chi connectivity index (χ1) is 13.7. The molecular weight excluding hydrogens is 403 g/mol. The highest BCUT2D eigenvalue weighted by atomic mass is 32.2. The van der Waals surface area contributed by atoms with Gasteiger partial charge in [0.25, 0.3) is 0 Å². The summed E-state index contributed by atoms with van der Waals surface area (Å²) < 4.78 is 69.5. The van der Waals surface area contributed by atoms with E-state index in [1.807, 2.05) is 30.3 Å². The molecule has 1 saturated heterocycles. The molecule has 1 N–H and O–H groups in total. The van der Waals surface area contributed by atoms with Gasteiger partial charge in [0.05, 0.1) is 17.1 Å². The molecule has 0 unspecified atom stereocenters. The standard InChI is InChI=1S/C21H24F3NO3S/c22-21(23,24)18-6-8-19(9-7-18)28-20(17-10-12-25-14-17)15-29(26,27)13-11-16-4-2-1-3-5-16/h1-9,17,20,25H,10-15H2/t17-,20+/m0/s1. The fraction of sp³-hybridized carbons (Fsp3) is 0.429. The van der Waals surface area contributed by atoms with Gasteiger partial charge >= 0.3 is 6.18 Å². The Morgan fingerprint density at radius 3 is 2.34 bits per heavy atom. The number of rotatable bonds is 8. The van der Waals surface area contributed by atoms with Crippen molar-refractivity contribution in [2.24, 2.45) is 5.92 Å². The predicted octanol–water partition coefficient (Wildman–Crippen LogP) is 3.72. The summed E-state index contributed by atoms with van der Waals surface area (Å²) in [5, 5.41) is 3.19. The number of nitrogens with one attached hydrogen (secondary N) is 1. The van der Waals surface area contributed by atoms with Gasteiger partial charge in [-0.15, -0.1) is 0 Å². The Balaban J connectivity index is 1.68. The van der Waals surface area contributed by atoms with Crippen LogP contribution in [0.15, 0.2) is 54.6 Å². The van der Waals surface area contributed by atoms with E-state index in [-0.39, 0.29) is 23.2 Å². The monoisotopic (exact) mass is 427 g/mol. The van der Waals surface area contributed by atoms with Crippen molar-refractivity contribution in [1.82, 2.24) is 5.32 Å². The summed E-state index contributed by atoms with van der Waals surface area (Å²) >= 11 is 0. The van der Waals surface area contributed by atoms with Crippen molar-refractivity contribution in [3.05, 3.63) is 65.7 Å². The largest absolute Gasteiger partial charge is 0.489 e. The smallest absolute Gasteiger partial charge is 0.416 e. The van der Waals surface area contributed by atoms with E-state index in [2.05, 4.69) is 5.32 Å². The first-order valence-corrected chi connectivity index (χ1v) is 11.3. The van der Waals surface area contributed by atoms with Crippen LogP contribution in [0.5, 0.6) is 5.75 Å². The molecule has 2 atom stereocenters. The molecule has 0 bridgehead atoms. The van der Waals surface area contributed by atoms with Gasteiger partial charge in [-0.1, -0.05) is 30.3 Å². The summed E-state index contributed by atoms with van der Waals surface area (Å²) in [7, 11) is -3.40. The summed E-state index contributed by atoms with van der Waals surface area (Å²) in [5.41, 5.74) is 0.179. The van der Waals surface area contributed by atoms with Crippen molar-refractivity contribution in [3.8, 4) is 5.75 Å². The lowest BCUT2D eigenvalue weighted by molar-refractivity contribution is -0.137. The third-order valence-corrected chi connectivity index (χ3v) is 6.72. The molecule has 0 amide bonds. The van der Waals surface area contributed by atoms with Gasteiger partial charge in [-0.05, 0) is 49.2 Å². The van der Waals surface area contributed by atoms with E-state index in [1.54, 1.807) is 0 Å². The molecule has 0 spiro atoms. The van der Waals surface area contributed by atoms with E-state index in [0.717, 1.165) is 30.7 Å². The van der Waals surface area contributed by atoms with Gasteiger partial charge in [0, 0.05) is 12.5 Å². The number of ether oxygens (including phenoxy) is 1. The quantitative estimate of drug-likeness (QED) is 0.698.